The topological polar surface area (TPSA) is 147 Å². The first-order chi connectivity index (χ1) is 14.3. The maximum absolute atomic E-state index is 13.0. The summed E-state index contributed by atoms with van der Waals surface area (Å²) in [5.74, 6) is -0.241. The van der Waals surface area contributed by atoms with Crippen molar-refractivity contribution in [1.82, 2.24) is 20.2 Å². The number of nitrogens with zero attached hydrogens (tertiary/aromatic N) is 3. The Morgan fingerprint density at radius 1 is 1.17 bits per heavy atom. The lowest BCUT2D eigenvalue weighted by atomic mass is 10.1. The van der Waals surface area contributed by atoms with Crippen LogP contribution in [0.5, 0.6) is 0 Å². The van der Waals surface area contributed by atoms with Gasteiger partial charge in [0, 0.05) is 30.4 Å². The summed E-state index contributed by atoms with van der Waals surface area (Å²) in [6.07, 6.45) is 1.59. The molecule has 1 saturated heterocycles. The molecular formula is C19H18N6O4S. The van der Waals surface area contributed by atoms with Gasteiger partial charge in [-0.25, -0.2) is 23.5 Å². The number of primary sulfonamides is 1. The van der Waals surface area contributed by atoms with E-state index in [0.29, 0.717) is 35.2 Å². The number of hydrogen-bond acceptors (Lipinski definition) is 7. The highest BCUT2D eigenvalue weighted by molar-refractivity contribution is 7.89. The molecule has 0 unspecified atom stereocenters. The first-order valence-corrected chi connectivity index (χ1v) is 10.6. The largest absolute Gasteiger partial charge is 0.353 e. The predicted octanol–water partition coefficient (Wildman–Crippen LogP) is 0.593. The minimum absolute atomic E-state index is 0.00180. The fraction of sp³-hybridized carbons (Fsp3) is 0.158. The average Bonchev–Trinajstić information content (AvgIpc) is 2.72. The van der Waals surface area contributed by atoms with Crippen LogP contribution in [0.4, 0.5) is 11.6 Å². The van der Waals surface area contributed by atoms with Crippen LogP contribution in [0.3, 0.4) is 0 Å². The van der Waals surface area contributed by atoms with Crippen molar-refractivity contribution in [1.29, 1.82) is 0 Å². The molecule has 154 valence electrons. The molecule has 1 fully saturated rings. The molecule has 0 bridgehead atoms. The van der Waals surface area contributed by atoms with Crippen molar-refractivity contribution >= 4 is 44.4 Å². The third-order valence-corrected chi connectivity index (χ3v) is 5.54. The van der Waals surface area contributed by atoms with Crippen LogP contribution in [-0.4, -0.2) is 54.7 Å². The molecule has 2 heterocycles. The fourth-order valence-corrected chi connectivity index (χ4v) is 3.64. The Morgan fingerprint density at radius 2 is 1.93 bits per heavy atom. The second-order valence-corrected chi connectivity index (χ2v) is 8.27. The molecule has 30 heavy (non-hydrogen) atoms. The third kappa shape index (κ3) is 4.07. The van der Waals surface area contributed by atoms with Crippen molar-refractivity contribution in [3.05, 3.63) is 54.2 Å². The standard InChI is InChI=1S/C19H18N6O4S/c20-30(28,29)14-6-4-13(5-7-14)23-19-22-10-12-2-1-3-15(17(12)24-19)18(27)25-9-8-21-16(26)11-25/h1-7,10H,8-9,11H2,(H,21,26)(H2,20,28,29)(H,22,23,24). The second kappa shape index (κ2) is 7.69. The Morgan fingerprint density at radius 3 is 2.63 bits per heavy atom. The van der Waals surface area contributed by atoms with Gasteiger partial charge < -0.3 is 15.5 Å². The number of anilines is 2. The van der Waals surface area contributed by atoms with Crippen molar-refractivity contribution < 1.29 is 18.0 Å². The number of para-hydroxylation sites is 1. The summed E-state index contributed by atoms with van der Waals surface area (Å²) in [5.41, 5.74) is 1.38. The van der Waals surface area contributed by atoms with Gasteiger partial charge in [0.05, 0.1) is 22.5 Å². The predicted molar refractivity (Wildman–Crippen MR) is 110 cm³/mol. The zero-order valence-electron chi connectivity index (χ0n) is 15.7. The SMILES string of the molecule is NS(=O)(=O)c1ccc(Nc2ncc3cccc(C(=O)N4CCNC(=O)C4)c3n2)cc1. The lowest BCUT2D eigenvalue weighted by Crippen LogP contribution is -2.50. The van der Waals surface area contributed by atoms with Gasteiger partial charge in [0.2, 0.25) is 21.9 Å². The Hall–Kier alpha value is -3.57. The Bertz CT molecular complexity index is 1240. The van der Waals surface area contributed by atoms with E-state index in [-0.39, 0.29) is 29.2 Å². The number of fused-ring (bicyclic) bond motifs is 1. The maximum Gasteiger partial charge on any atom is 0.256 e. The van der Waals surface area contributed by atoms with E-state index >= 15 is 0 Å². The lowest BCUT2D eigenvalue weighted by molar-refractivity contribution is -0.123. The van der Waals surface area contributed by atoms with Gasteiger partial charge in [-0.3, -0.25) is 9.59 Å². The molecule has 4 rings (SSSR count). The van der Waals surface area contributed by atoms with E-state index in [4.69, 9.17) is 5.14 Å². The van der Waals surface area contributed by atoms with Gasteiger partial charge in [0.15, 0.2) is 0 Å². The summed E-state index contributed by atoms with van der Waals surface area (Å²) in [6.45, 7) is 0.834. The number of nitrogens with two attached hydrogens (primary N) is 1. The van der Waals surface area contributed by atoms with Gasteiger partial charge in [-0.1, -0.05) is 12.1 Å². The average molecular weight is 426 g/mol. The second-order valence-electron chi connectivity index (χ2n) is 6.71. The van der Waals surface area contributed by atoms with E-state index in [1.54, 1.807) is 24.4 Å². The minimum atomic E-state index is -3.78. The summed E-state index contributed by atoms with van der Waals surface area (Å²) in [6, 6.07) is 11.0. The summed E-state index contributed by atoms with van der Waals surface area (Å²) < 4.78 is 22.7. The fourth-order valence-electron chi connectivity index (χ4n) is 3.13. The molecule has 0 spiro atoms. The first-order valence-electron chi connectivity index (χ1n) is 9.03. The van der Waals surface area contributed by atoms with E-state index < -0.39 is 10.0 Å². The Balaban J connectivity index is 1.64. The molecule has 1 aromatic heterocycles. The molecule has 2 aromatic carbocycles. The summed E-state index contributed by atoms with van der Waals surface area (Å²) >= 11 is 0. The van der Waals surface area contributed by atoms with Gasteiger partial charge in [-0.2, -0.15) is 0 Å². The summed E-state index contributed by atoms with van der Waals surface area (Å²) in [5, 5.41) is 11.5. The monoisotopic (exact) mass is 426 g/mol. The number of benzene rings is 2. The normalized spacial score (nSPS) is 14.4. The van der Waals surface area contributed by atoms with E-state index in [9.17, 15) is 18.0 Å². The minimum Gasteiger partial charge on any atom is -0.353 e. The molecule has 4 N–H and O–H groups in total. The van der Waals surface area contributed by atoms with Crippen LogP contribution in [-0.2, 0) is 14.8 Å². The Kier molecular flexibility index (Phi) is 5.06. The molecular weight excluding hydrogens is 408 g/mol. The number of sulfonamides is 1. The number of aromatic nitrogens is 2. The van der Waals surface area contributed by atoms with E-state index in [1.807, 2.05) is 0 Å². The van der Waals surface area contributed by atoms with Crippen LogP contribution >= 0.6 is 0 Å². The van der Waals surface area contributed by atoms with Crippen LogP contribution in [0.1, 0.15) is 10.4 Å². The zero-order valence-corrected chi connectivity index (χ0v) is 16.5. The molecule has 10 nitrogen and oxygen atoms in total. The molecule has 2 amide bonds. The molecule has 0 saturated carbocycles. The molecule has 3 aromatic rings. The van der Waals surface area contributed by atoms with Gasteiger partial charge in [0.1, 0.15) is 0 Å². The number of amides is 2. The van der Waals surface area contributed by atoms with Gasteiger partial charge >= 0.3 is 0 Å². The summed E-state index contributed by atoms with van der Waals surface area (Å²) in [4.78, 5) is 34.8. The maximum atomic E-state index is 13.0. The van der Waals surface area contributed by atoms with Crippen LogP contribution in [0.15, 0.2) is 53.6 Å². The van der Waals surface area contributed by atoms with E-state index in [0.717, 1.165) is 0 Å². The number of piperazine rings is 1. The number of carbonyl (C=O) groups excluding carboxylic acids is 2. The van der Waals surface area contributed by atoms with E-state index in [2.05, 4.69) is 20.6 Å². The smallest absolute Gasteiger partial charge is 0.256 e. The number of nitrogens with one attached hydrogen (secondary N) is 2. The van der Waals surface area contributed by atoms with Crippen LogP contribution in [0.25, 0.3) is 10.9 Å². The van der Waals surface area contributed by atoms with Gasteiger partial charge in [-0.15, -0.1) is 0 Å². The van der Waals surface area contributed by atoms with Crippen molar-refractivity contribution in [3.63, 3.8) is 0 Å². The first kappa shape index (κ1) is 19.7. The van der Waals surface area contributed by atoms with Crippen molar-refractivity contribution in [2.24, 2.45) is 5.14 Å². The molecule has 1 aliphatic heterocycles. The highest BCUT2D eigenvalue weighted by atomic mass is 32.2. The molecule has 11 heteroatoms. The summed E-state index contributed by atoms with van der Waals surface area (Å²) in [7, 11) is -3.78. The highest BCUT2D eigenvalue weighted by Crippen LogP contribution is 2.22. The number of rotatable bonds is 4. The van der Waals surface area contributed by atoms with Crippen molar-refractivity contribution in [2.75, 3.05) is 25.0 Å². The molecule has 0 radical (unpaired) electrons. The van der Waals surface area contributed by atoms with Gasteiger partial charge in [0.25, 0.3) is 5.91 Å². The van der Waals surface area contributed by atoms with Crippen LogP contribution in [0.2, 0.25) is 0 Å². The Labute approximate surface area is 172 Å². The van der Waals surface area contributed by atoms with Crippen LogP contribution in [0, 0.1) is 0 Å². The van der Waals surface area contributed by atoms with Crippen molar-refractivity contribution in [2.45, 2.75) is 4.90 Å². The third-order valence-electron chi connectivity index (χ3n) is 4.61. The van der Waals surface area contributed by atoms with Gasteiger partial charge in [-0.05, 0) is 30.3 Å². The zero-order chi connectivity index (χ0) is 21.3. The highest BCUT2D eigenvalue weighted by Gasteiger charge is 2.24. The molecule has 0 aliphatic carbocycles. The van der Waals surface area contributed by atoms with Crippen molar-refractivity contribution in [3.8, 4) is 0 Å². The molecule has 0 atom stereocenters. The number of hydrogen-bond donors (Lipinski definition) is 3. The molecule has 1 aliphatic rings. The van der Waals surface area contributed by atoms with E-state index in [1.165, 1.54) is 29.2 Å². The van der Waals surface area contributed by atoms with Crippen LogP contribution < -0.4 is 15.8 Å². The lowest BCUT2D eigenvalue weighted by Gasteiger charge is -2.26. The number of carbonyl (C=O) groups is 2. The quantitative estimate of drug-likeness (QED) is 0.553.